The Morgan fingerprint density at radius 3 is 2.58 bits per heavy atom. The number of halogens is 2. The molecule has 24 heavy (non-hydrogen) atoms. The molecule has 1 saturated carbocycles. The molecule has 2 N–H and O–H groups in total. The van der Waals surface area contributed by atoms with Gasteiger partial charge in [0.2, 0.25) is 0 Å². The summed E-state index contributed by atoms with van der Waals surface area (Å²) in [7, 11) is 1.90. The van der Waals surface area contributed by atoms with Crippen molar-refractivity contribution in [2.24, 2.45) is 0 Å². The van der Waals surface area contributed by atoms with Crippen molar-refractivity contribution < 1.29 is 14.1 Å². The predicted molar refractivity (Wildman–Crippen MR) is 92.3 cm³/mol. The summed E-state index contributed by atoms with van der Waals surface area (Å²) in [5.74, 6) is -0.357. The predicted octanol–water partition coefficient (Wildman–Crippen LogP) is 2.51. The van der Waals surface area contributed by atoms with Gasteiger partial charge in [-0.2, -0.15) is 0 Å². The van der Waals surface area contributed by atoms with Crippen molar-refractivity contribution in [2.45, 2.75) is 31.5 Å². The largest absolute Gasteiger partial charge is 0.348 e. The summed E-state index contributed by atoms with van der Waals surface area (Å²) >= 11 is 6.14. The van der Waals surface area contributed by atoms with Gasteiger partial charge in [0.25, 0.3) is 5.91 Å². The fourth-order valence-electron chi connectivity index (χ4n) is 2.90. The number of amides is 1. The van der Waals surface area contributed by atoms with Crippen molar-refractivity contribution >= 4 is 17.5 Å². The lowest BCUT2D eigenvalue weighted by Gasteiger charge is -2.25. The summed E-state index contributed by atoms with van der Waals surface area (Å²) in [4.78, 5) is 13.6. The van der Waals surface area contributed by atoms with Gasteiger partial charge >= 0.3 is 0 Å². The molecule has 0 radical (unpaired) electrons. The number of benzene rings is 2. The highest BCUT2D eigenvalue weighted by Crippen LogP contribution is 2.21. The second-order valence-electron chi connectivity index (χ2n) is 6.35. The molecule has 2 aromatic rings. The zero-order chi connectivity index (χ0) is 17.1. The molecule has 0 saturated heterocycles. The molecule has 0 aliphatic heterocycles. The highest BCUT2D eigenvalue weighted by atomic mass is 35.5. The number of nitrogens with one attached hydrogen (secondary N) is 2. The van der Waals surface area contributed by atoms with E-state index in [0.29, 0.717) is 17.1 Å². The van der Waals surface area contributed by atoms with Crippen LogP contribution in [0, 0.1) is 5.82 Å². The molecule has 3 rings (SSSR count). The highest BCUT2D eigenvalue weighted by molar-refractivity contribution is 6.31. The Morgan fingerprint density at radius 1 is 1.25 bits per heavy atom. The number of carbonyl (C=O) groups is 1. The van der Waals surface area contributed by atoms with Crippen LogP contribution in [0.15, 0.2) is 48.5 Å². The van der Waals surface area contributed by atoms with Gasteiger partial charge in [0.05, 0.1) is 17.6 Å². The summed E-state index contributed by atoms with van der Waals surface area (Å²) in [6.07, 6.45) is 2.07. The Bertz CT molecular complexity index is 698. The topological polar surface area (TPSA) is 33.5 Å². The van der Waals surface area contributed by atoms with Crippen molar-refractivity contribution in [1.82, 2.24) is 5.32 Å². The number of hydrogen-bond donors (Lipinski definition) is 2. The van der Waals surface area contributed by atoms with E-state index in [2.05, 4.69) is 5.32 Å². The van der Waals surface area contributed by atoms with Crippen molar-refractivity contribution in [3.05, 3.63) is 70.5 Å². The van der Waals surface area contributed by atoms with Gasteiger partial charge < -0.3 is 10.2 Å². The fraction of sp³-hybridized carbons (Fsp3) is 0.316. The van der Waals surface area contributed by atoms with Crippen LogP contribution in [-0.4, -0.2) is 19.0 Å². The summed E-state index contributed by atoms with van der Waals surface area (Å²) < 4.78 is 14.1. The van der Waals surface area contributed by atoms with E-state index in [1.54, 1.807) is 12.1 Å². The third-order valence-electron chi connectivity index (χ3n) is 4.33. The Kier molecular flexibility index (Phi) is 5.17. The van der Waals surface area contributed by atoms with Crippen molar-refractivity contribution in [2.75, 3.05) is 7.05 Å². The van der Waals surface area contributed by atoms with Gasteiger partial charge in [0.1, 0.15) is 12.4 Å². The van der Waals surface area contributed by atoms with E-state index < -0.39 is 6.04 Å². The van der Waals surface area contributed by atoms with Crippen LogP contribution < -0.4 is 10.2 Å². The van der Waals surface area contributed by atoms with Crippen LogP contribution in [0.4, 0.5) is 4.39 Å². The number of carbonyl (C=O) groups excluding carboxylic acids is 1. The van der Waals surface area contributed by atoms with E-state index in [1.165, 1.54) is 6.07 Å². The van der Waals surface area contributed by atoms with Crippen LogP contribution in [0.3, 0.4) is 0 Å². The number of rotatable bonds is 6. The minimum atomic E-state index is -0.400. The first-order valence-corrected chi connectivity index (χ1v) is 8.54. The van der Waals surface area contributed by atoms with E-state index >= 15 is 0 Å². The van der Waals surface area contributed by atoms with Gasteiger partial charge in [0.15, 0.2) is 6.04 Å². The Labute approximate surface area is 146 Å². The zero-order valence-electron chi connectivity index (χ0n) is 13.6. The normalized spacial score (nSPS) is 16.5. The van der Waals surface area contributed by atoms with E-state index in [9.17, 15) is 9.18 Å². The SMILES string of the molecule is C[NH+](Cc1c(F)cccc1Cl)[C@@H](C(=O)NC1CC1)c1ccccc1. The highest BCUT2D eigenvalue weighted by Gasteiger charge is 2.34. The maximum absolute atomic E-state index is 14.1. The Balaban J connectivity index is 1.85. The monoisotopic (exact) mass is 347 g/mol. The van der Waals surface area contributed by atoms with Gasteiger partial charge in [0, 0.05) is 11.6 Å². The third-order valence-corrected chi connectivity index (χ3v) is 4.68. The van der Waals surface area contributed by atoms with Crippen LogP contribution in [-0.2, 0) is 11.3 Å². The average Bonchev–Trinajstić information content (AvgIpc) is 3.36. The maximum Gasteiger partial charge on any atom is 0.283 e. The van der Waals surface area contributed by atoms with Gasteiger partial charge in [-0.05, 0) is 25.0 Å². The molecule has 126 valence electrons. The summed E-state index contributed by atoms with van der Waals surface area (Å²) in [5.41, 5.74) is 1.36. The second kappa shape index (κ2) is 7.32. The molecule has 0 bridgehead atoms. The number of quaternary nitrogens is 1. The average molecular weight is 348 g/mol. The van der Waals surface area contributed by atoms with Gasteiger partial charge in [-0.15, -0.1) is 0 Å². The van der Waals surface area contributed by atoms with Gasteiger partial charge in [-0.1, -0.05) is 48.0 Å². The Morgan fingerprint density at radius 2 is 1.96 bits per heavy atom. The zero-order valence-corrected chi connectivity index (χ0v) is 14.3. The van der Waals surface area contributed by atoms with E-state index in [0.717, 1.165) is 23.3 Å². The molecule has 2 atom stereocenters. The van der Waals surface area contributed by atoms with E-state index in [-0.39, 0.29) is 17.8 Å². The molecule has 1 amide bonds. The van der Waals surface area contributed by atoms with E-state index in [1.807, 2.05) is 37.4 Å². The molecule has 0 aromatic heterocycles. The molecule has 1 unspecified atom stereocenters. The Hall–Kier alpha value is -1.91. The molecule has 1 aliphatic carbocycles. The first-order chi connectivity index (χ1) is 11.6. The maximum atomic E-state index is 14.1. The first-order valence-electron chi connectivity index (χ1n) is 8.17. The molecule has 2 aromatic carbocycles. The van der Waals surface area contributed by atoms with Crippen LogP contribution in [0.2, 0.25) is 5.02 Å². The van der Waals surface area contributed by atoms with Crippen molar-refractivity contribution in [3.63, 3.8) is 0 Å². The van der Waals surface area contributed by atoms with Crippen LogP contribution in [0.5, 0.6) is 0 Å². The lowest BCUT2D eigenvalue weighted by Crippen LogP contribution is -3.09. The van der Waals surface area contributed by atoms with Gasteiger partial charge in [-0.25, -0.2) is 4.39 Å². The van der Waals surface area contributed by atoms with Crippen molar-refractivity contribution in [3.8, 4) is 0 Å². The summed E-state index contributed by atoms with van der Waals surface area (Å²) in [6.45, 7) is 0.336. The van der Waals surface area contributed by atoms with Crippen LogP contribution in [0.1, 0.15) is 30.0 Å². The molecule has 0 spiro atoms. The molecular formula is C19H21ClFN2O+. The standard InChI is InChI=1S/C19H20ClFN2O/c1-23(12-15-16(20)8-5-9-17(15)21)18(13-6-3-2-4-7-13)19(24)22-14-10-11-14/h2-9,14,18H,10-12H2,1H3,(H,22,24)/p+1/t18-/m1/s1. The number of likely N-dealkylation sites (N-methyl/N-ethyl adjacent to an activating group) is 1. The van der Waals surface area contributed by atoms with Crippen LogP contribution >= 0.6 is 11.6 Å². The number of hydrogen-bond acceptors (Lipinski definition) is 1. The van der Waals surface area contributed by atoms with Crippen molar-refractivity contribution in [1.29, 1.82) is 0 Å². The first kappa shape index (κ1) is 16.9. The molecule has 5 heteroatoms. The lowest BCUT2D eigenvalue weighted by molar-refractivity contribution is -0.916. The molecular weight excluding hydrogens is 327 g/mol. The molecule has 1 aliphatic rings. The third kappa shape index (κ3) is 3.94. The fourth-order valence-corrected chi connectivity index (χ4v) is 3.13. The van der Waals surface area contributed by atoms with Gasteiger partial charge in [-0.3, -0.25) is 4.79 Å². The molecule has 3 nitrogen and oxygen atoms in total. The summed E-state index contributed by atoms with van der Waals surface area (Å²) in [6, 6.07) is 14.2. The minimum absolute atomic E-state index is 0.0198. The molecule has 0 heterocycles. The smallest absolute Gasteiger partial charge is 0.283 e. The van der Waals surface area contributed by atoms with E-state index in [4.69, 9.17) is 11.6 Å². The minimum Gasteiger partial charge on any atom is -0.348 e. The molecule has 1 fully saturated rings. The second-order valence-corrected chi connectivity index (χ2v) is 6.76. The lowest BCUT2D eigenvalue weighted by atomic mass is 10.0. The summed E-state index contributed by atoms with van der Waals surface area (Å²) in [5, 5.41) is 3.45. The van der Waals surface area contributed by atoms with Crippen LogP contribution in [0.25, 0.3) is 0 Å². The quantitative estimate of drug-likeness (QED) is 0.827.